The Kier molecular flexibility index (Phi) is 5.14. The van der Waals surface area contributed by atoms with Crippen molar-refractivity contribution >= 4 is 23.0 Å². The van der Waals surface area contributed by atoms with Gasteiger partial charge in [-0.15, -0.1) is 11.3 Å². The van der Waals surface area contributed by atoms with Gasteiger partial charge in [0.15, 0.2) is 5.78 Å². The Balaban J connectivity index is 1.63. The number of carbonyl (C=O) groups is 2. The van der Waals surface area contributed by atoms with Crippen LogP contribution in [-0.2, 0) is 11.2 Å². The molecule has 0 N–H and O–H groups in total. The van der Waals surface area contributed by atoms with Gasteiger partial charge in [0, 0.05) is 29.8 Å². The minimum Gasteiger partial charge on any atom is -0.335 e. The molecule has 4 heteroatoms. The van der Waals surface area contributed by atoms with E-state index in [1.54, 1.807) is 11.3 Å². The van der Waals surface area contributed by atoms with E-state index in [4.69, 9.17) is 0 Å². The van der Waals surface area contributed by atoms with E-state index in [9.17, 15) is 9.59 Å². The molecule has 3 nitrogen and oxygen atoms in total. The van der Waals surface area contributed by atoms with Crippen molar-refractivity contribution in [2.45, 2.75) is 45.6 Å². The first-order valence-corrected chi connectivity index (χ1v) is 9.43. The SMILES string of the molecule is CCC1c2ccsc2CCN1C(=O)CCC(=O)c1ccc(C)cc1. The molecular weight excluding hydrogens is 318 g/mol. The maximum Gasteiger partial charge on any atom is 0.223 e. The van der Waals surface area contributed by atoms with Gasteiger partial charge in [-0.3, -0.25) is 9.59 Å². The van der Waals surface area contributed by atoms with E-state index >= 15 is 0 Å². The predicted octanol–water partition coefficient (Wildman–Crippen LogP) is 4.56. The number of thiophene rings is 1. The van der Waals surface area contributed by atoms with Crippen LogP contribution in [-0.4, -0.2) is 23.1 Å². The predicted molar refractivity (Wildman–Crippen MR) is 97.5 cm³/mol. The molecule has 0 fully saturated rings. The largest absolute Gasteiger partial charge is 0.335 e. The van der Waals surface area contributed by atoms with Crippen molar-refractivity contribution in [1.29, 1.82) is 0 Å². The fraction of sp³-hybridized carbons (Fsp3) is 0.400. The van der Waals surface area contributed by atoms with E-state index in [1.165, 1.54) is 10.4 Å². The number of nitrogens with zero attached hydrogens (tertiary/aromatic N) is 1. The lowest BCUT2D eigenvalue weighted by Crippen LogP contribution is -2.39. The third-order valence-corrected chi connectivity index (χ3v) is 5.74. The third-order valence-electron chi connectivity index (χ3n) is 4.74. The zero-order valence-electron chi connectivity index (χ0n) is 14.2. The number of hydrogen-bond acceptors (Lipinski definition) is 3. The maximum absolute atomic E-state index is 12.7. The molecule has 2 heterocycles. The van der Waals surface area contributed by atoms with Crippen LogP contribution >= 0.6 is 11.3 Å². The van der Waals surface area contributed by atoms with Crippen LogP contribution in [0.4, 0.5) is 0 Å². The van der Waals surface area contributed by atoms with Gasteiger partial charge in [-0.2, -0.15) is 0 Å². The highest BCUT2D eigenvalue weighted by molar-refractivity contribution is 7.10. The molecule has 1 amide bonds. The monoisotopic (exact) mass is 341 g/mol. The van der Waals surface area contributed by atoms with Crippen molar-refractivity contribution in [2.24, 2.45) is 0 Å². The number of hydrogen-bond donors (Lipinski definition) is 0. The van der Waals surface area contributed by atoms with Crippen molar-refractivity contribution < 1.29 is 9.59 Å². The fourth-order valence-corrected chi connectivity index (χ4v) is 4.31. The summed E-state index contributed by atoms with van der Waals surface area (Å²) >= 11 is 1.78. The average Bonchev–Trinajstić information content (AvgIpc) is 3.07. The number of fused-ring (bicyclic) bond motifs is 1. The van der Waals surface area contributed by atoms with Crippen molar-refractivity contribution in [1.82, 2.24) is 4.90 Å². The summed E-state index contributed by atoms with van der Waals surface area (Å²) in [5.74, 6) is 0.142. The summed E-state index contributed by atoms with van der Waals surface area (Å²) in [6.07, 6.45) is 2.43. The van der Waals surface area contributed by atoms with Gasteiger partial charge in [0.05, 0.1) is 6.04 Å². The third kappa shape index (κ3) is 3.44. The first-order chi connectivity index (χ1) is 11.6. The lowest BCUT2D eigenvalue weighted by molar-refractivity contribution is -0.134. The lowest BCUT2D eigenvalue weighted by Gasteiger charge is -2.35. The van der Waals surface area contributed by atoms with Gasteiger partial charge < -0.3 is 4.90 Å². The standard InChI is InChI=1S/C20H23NO2S/c1-3-17-16-11-13-24-19(16)10-12-21(17)20(23)9-8-18(22)15-6-4-14(2)5-7-15/h4-7,11,13,17H,3,8-10,12H2,1-2H3. The summed E-state index contributed by atoms with van der Waals surface area (Å²) < 4.78 is 0. The van der Waals surface area contributed by atoms with Gasteiger partial charge in [-0.25, -0.2) is 0 Å². The van der Waals surface area contributed by atoms with Crippen LogP contribution in [0, 0.1) is 6.92 Å². The van der Waals surface area contributed by atoms with E-state index in [0.717, 1.165) is 24.9 Å². The number of benzene rings is 1. The summed E-state index contributed by atoms with van der Waals surface area (Å²) in [6.45, 7) is 4.89. The Morgan fingerprint density at radius 2 is 1.92 bits per heavy atom. The first kappa shape index (κ1) is 16.9. The maximum atomic E-state index is 12.7. The van der Waals surface area contributed by atoms with Crippen LogP contribution in [0.2, 0.25) is 0 Å². The van der Waals surface area contributed by atoms with Crippen molar-refractivity contribution in [3.8, 4) is 0 Å². The highest BCUT2D eigenvalue weighted by atomic mass is 32.1. The quantitative estimate of drug-likeness (QED) is 0.748. The van der Waals surface area contributed by atoms with Crippen LogP contribution in [0.3, 0.4) is 0 Å². The molecule has 1 unspecified atom stereocenters. The molecule has 0 spiro atoms. The molecule has 2 aromatic rings. The Morgan fingerprint density at radius 3 is 2.62 bits per heavy atom. The molecule has 24 heavy (non-hydrogen) atoms. The molecule has 1 aromatic heterocycles. The fourth-order valence-electron chi connectivity index (χ4n) is 3.38. The van der Waals surface area contributed by atoms with Crippen LogP contribution < -0.4 is 0 Å². The summed E-state index contributed by atoms with van der Waals surface area (Å²) in [5, 5.41) is 2.11. The molecule has 126 valence electrons. The second kappa shape index (κ2) is 7.31. The Morgan fingerprint density at radius 1 is 1.17 bits per heavy atom. The summed E-state index contributed by atoms with van der Waals surface area (Å²) in [5.41, 5.74) is 3.12. The summed E-state index contributed by atoms with van der Waals surface area (Å²) in [4.78, 5) is 28.3. The van der Waals surface area contributed by atoms with Crippen LogP contribution in [0.25, 0.3) is 0 Å². The smallest absolute Gasteiger partial charge is 0.223 e. The first-order valence-electron chi connectivity index (χ1n) is 8.55. The van der Waals surface area contributed by atoms with Gasteiger partial charge in [-0.05, 0) is 36.8 Å². The molecule has 0 radical (unpaired) electrons. The normalized spacial score (nSPS) is 16.8. The molecule has 1 aromatic carbocycles. The van der Waals surface area contributed by atoms with Crippen LogP contribution in [0.1, 0.15) is 58.6 Å². The number of amides is 1. The van der Waals surface area contributed by atoms with E-state index in [-0.39, 0.29) is 24.2 Å². The minimum absolute atomic E-state index is 0.0460. The Hall–Kier alpha value is -1.94. The van der Waals surface area contributed by atoms with Gasteiger partial charge in [0.2, 0.25) is 5.91 Å². The molecule has 0 bridgehead atoms. The number of Topliss-reactive ketones (excluding diaryl/α,β-unsaturated/α-hetero) is 1. The number of rotatable bonds is 5. The van der Waals surface area contributed by atoms with Crippen molar-refractivity contribution in [3.63, 3.8) is 0 Å². The van der Waals surface area contributed by atoms with Crippen LogP contribution in [0.15, 0.2) is 35.7 Å². The van der Waals surface area contributed by atoms with Gasteiger partial charge in [0.1, 0.15) is 0 Å². The van der Waals surface area contributed by atoms with E-state index < -0.39 is 0 Å². The van der Waals surface area contributed by atoms with E-state index in [2.05, 4.69) is 18.4 Å². The molecular formula is C20H23NO2S. The molecule has 0 aliphatic carbocycles. The highest BCUT2D eigenvalue weighted by Gasteiger charge is 2.30. The summed E-state index contributed by atoms with van der Waals surface area (Å²) in [6, 6.07) is 9.87. The van der Waals surface area contributed by atoms with Crippen LogP contribution in [0.5, 0.6) is 0 Å². The number of carbonyl (C=O) groups excluding carboxylic acids is 2. The molecule has 3 rings (SSSR count). The van der Waals surface area contributed by atoms with Gasteiger partial charge in [0.25, 0.3) is 0 Å². The van der Waals surface area contributed by atoms with Crippen molar-refractivity contribution in [2.75, 3.05) is 6.54 Å². The summed E-state index contributed by atoms with van der Waals surface area (Å²) in [7, 11) is 0. The zero-order valence-corrected chi connectivity index (χ0v) is 15.1. The molecule has 1 aliphatic heterocycles. The van der Waals surface area contributed by atoms with E-state index in [1.807, 2.05) is 36.1 Å². The van der Waals surface area contributed by atoms with Crippen molar-refractivity contribution in [3.05, 3.63) is 57.3 Å². The van der Waals surface area contributed by atoms with Gasteiger partial charge in [-0.1, -0.05) is 36.8 Å². The molecule has 1 aliphatic rings. The lowest BCUT2D eigenvalue weighted by atomic mass is 9.97. The molecule has 0 saturated carbocycles. The Labute approximate surface area is 147 Å². The second-order valence-electron chi connectivity index (χ2n) is 6.35. The topological polar surface area (TPSA) is 37.4 Å². The van der Waals surface area contributed by atoms with E-state index in [0.29, 0.717) is 12.0 Å². The van der Waals surface area contributed by atoms with Gasteiger partial charge >= 0.3 is 0 Å². The Bertz CT molecular complexity index is 732. The number of ketones is 1. The minimum atomic E-state index is 0.0460. The second-order valence-corrected chi connectivity index (χ2v) is 7.35. The number of aryl methyl sites for hydroxylation is 1. The zero-order chi connectivity index (χ0) is 17.1. The molecule has 1 atom stereocenters. The molecule has 0 saturated heterocycles. The average molecular weight is 341 g/mol. The highest BCUT2D eigenvalue weighted by Crippen LogP contribution is 2.35.